The number of methoxy groups -OCH3 is 2. The number of pyridine rings is 1. The van der Waals surface area contributed by atoms with E-state index in [-0.39, 0.29) is 6.04 Å². The van der Waals surface area contributed by atoms with Crippen molar-refractivity contribution in [3.63, 3.8) is 0 Å². The van der Waals surface area contributed by atoms with Gasteiger partial charge in [-0.3, -0.25) is 10.8 Å². The van der Waals surface area contributed by atoms with Crippen molar-refractivity contribution in [2.24, 2.45) is 5.84 Å². The van der Waals surface area contributed by atoms with Crippen molar-refractivity contribution in [3.05, 3.63) is 24.0 Å². The molecule has 0 bridgehead atoms. The molecule has 0 aromatic carbocycles. The summed E-state index contributed by atoms with van der Waals surface area (Å²) in [5.74, 6) is 6.25. The molecule has 1 aromatic heterocycles. The zero-order chi connectivity index (χ0) is 12.2. The lowest BCUT2D eigenvalue weighted by atomic mass is 9.95. The van der Waals surface area contributed by atoms with Crippen LogP contribution in [0.15, 0.2) is 18.3 Å². The standard InChI is InChI=1S/C11H19N3O2/c1-11(2,16-4)10(14-12)9-8(15-3)6-5-7-13-9/h5-7,10,14H,12H2,1-4H3. The van der Waals surface area contributed by atoms with Crippen molar-refractivity contribution >= 4 is 0 Å². The highest BCUT2D eigenvalue weighted by Crippen LogP contribution is 2.31. The molecule has 0 spiro atoms. The Balaban J connectivity index is 3.13. The molecule has 0 aliphatic heterocycles. The first-order chi connectivity index (χ1) is 7.56. The third-order valence-corrected chi connectivity index (χ3v) is 2.68. The second-order valence-corrected chi connectivity index (χ2v) is 4.00. The van der Waals surface area contributed by atoms with Gasteiger partial charge in [0.1, 0.15) is 11.4 Å². The summed E-state index contributed by atoms with van der Waals surface area (Å²) in [4.78, 5) is 4.29. The molecule has 5 heteroatoms. The summed E-state index contributed by atoms with van der Waals surface area (Å²) in [6, 6.07) is 3.42. The molecule has 90 valence electrons. The number of aromatic nitrogens is 1. The molecule has 5 nitrogen and oxygen atoms in total. The molecule has 0 saturated carbocycles. The summed E-state index contributed by atoms with van der Waals surface area (Å²) >= 11 is 0. The van der Waals surface area contributed by atoms with Crippen LogP contribution in [0.25, 0.3) is 0 Å². The average Bonchev–Trinajstić information content (AvgIpc) is 2.30. The van der Waals surface area contributed by atoms with Crippen molar-refractivity contribution in [1.29, 1.82) is 0 Å². The van der Waals surface area contributed by atoms with Gasteiger partial charge < -0.3 is 9.47 Å². The number of ether oxygens (including phenoxy) is 2. The van der Waals surface area contributed by atoms with Crippen LogP contribution in [0, 0.1) is 0 Å². The van der Waals surface area contributed by atoms with E-state index in [0.29, 0.717) is 5.75 Å². The summed E-state index contributed by atoms with van der Waals surface area (Å²) in [5, 5.41) is 0. The Hall–Kier alpha value is -1.17. The third-order valence-electron chi connectivity index (χ3n) is 2.68. The predicted octanol–water partition coefficient (Wildman–Crippen LogP) is 1.02. The first-order valence-electron chi connectivity index (χ1n) is 5.07. The second kappa shape index (κ2) is 5.25. The lowest BCUT2D eigenvalue weighted by Crippen LogP contribution is -2.44. The molecule has 1 atom stereocenters. The van der Waals surface area contributed by atoms with Gasteiger partial charge >= 0.3 is 0 Å². The molecular weight excluding hydrogens is 206 g/mol. The summed E-state index contributed by atoms with van der Waals surface area (Å²) in [7, 11) is 3.24. The fourth-order valence-corrected chi connectivity index (χ4v) is 1.52. The van der Waals surface area contributed by atoms with Gasteiger partial charge in [0.15, 0.2) is 0 Å². The molecule has 0 fully saturated rings. The minimum atomic E-state index is -0.476. The quantitative estimate of drug-likeness (QED) is 0.578. The zero-order valence-corrected chi connectivity index (χ0v) is 10.2. The van der Waals surface area contributed by atoms with Gasteiger partial charge in [0.25, 0.3) is 0 Å². The zero-order valence-electron chi connectivity index (χ0n) is 10.2. The number of hydrogen-bond donors (Lipinski definition) is 2. The molecule has 1 unspecified atom stereocenters. The Bertz CT molecular complexity index is 342. The molecule has 0 amide bonds. The van der Waals surface area contributed by atoms with Crippen molar-refractivity contribution < 1.29 is 9.47 Å². The first kappa shape index (κ1) is 12.9. The molecule has 0 aliphatic carbocycles. The van der Waals surface area contributed by atoms with Gasteiger partial charge in [0.2, 0.25) is 0 Å². The van der Waals surface area contributed by atoms with Gasteiger partial charge in [0, 0.05) is 13.3 Å². The molecule has 1 heterocycles. The van der Waals surface area contributed by atoms with E-state index in [9.17, 15) is 0 Å². The maximum Gasteiger partial charge on any atom is 0.142 e. The maximum atomic E-state index is 5.56. The van der Waals surface area contributed by atoms with Gasteiger partial charge in [-0.05, 0) is 26.0 Å². The topological polar surface area (TPSA) is 69.4 Å². The van der Waals surface area contributed by atoms with Crippen LogP contribution in [0.3, 0.4) is 0 Å². The first-order valence-corrected chi connectivity index (χ1v) is 5.07. The average molecular weight is 225 g/mol. The molecule has 0 saturated heterocycles. The summed E-state index contributed by atoms with van der Waals surface area (Å²) in [5.41, 5.74) is 2.98. The molecule has 0 aliphatic rings. The fourth-order valence-electron chi connectivity index (χ4n) is 1.52. The Morgan fingerprint density at radius 3 is 2.62 bits per heavy atom. The number of nitrogens with zero attached hydrogens (tertiary/aromatic N) is 1. The largest absolute Gasteiger partial charge is 0.495 e. The van der Waals surface area contributed by atoms with Gasteiger partial charge in [-0.25, -0.2) is 5.43 Å². The Morgan fingerprint density at radius 2 is 2.12 bits per heavy atom. The van der Waals surface area contributed by atoms with E-state index in [4.69, 9.17) is 15.3 Å². The molecule has 1 rings (SSSR count). The van der Waals surface area contributed by atoms with E-state index in [1.165, 1.54) is 0 Å². The van der Waals surface area contributed by atoms with Crippen LogP contribution in [0.5, 0.6) is 5.75 Å². The Morgan fingerprint density at radius 1 is 1.44 bits per heavy atom. The van der Waals surface area contributed by atoms with Crippen molar-refractivity contribution in [2.75, 3.05) is 14.2 Å². The van der Waals surface area contributed by atoms with Crippen LogP contribution in [0.1, 0.15) is 25.6 Å². The van der Waals surface area contributed by atoms with E-state index in [0.717, 1.165) is 5.69 Å². The van der Waals surface area contributed by atoms with Crippen LogP contribution >= 0.6 is 0 Å². The van der Waals surface area contributed by atoms with Gasteiger partial charge in [-0.15, -0.1) is 0 Å². The van der Waals surface area contributed by atoms with E-state index >= 15 is 0 Å². The molecule has 3 N–H and O–H groups in total. The van der Waals surface area contributed by atoms with E-state index in [1.807, 2.05) is 26.0 Å². The maximum absolute atomic E-state index is 5.56. The fraction of sp³-hybridized carbons (Fsp3) is 0.545. The van der Waals surface area contributed by atoms with Gasteiger partial charge in [-0.2, -0.15) is 0 Å². The van der Waals surface area contributed by atoms with Crippen LogP contribution in [-0.2, 0) is 4.74 Å². The number of rotatable bonds is 5. The molecule has 1 aromatic rings. The highest BCUT2D eigenvalue weighted by molar-refractivity contribution is 5.31. The normalized spacial score (nSPS) is 13.6. The molecule has 0 radical (unpaired) electrons. The van der Waals surface area contributed by atoms with Crippen molar-refractivity contribution in [2.45, 2.75) is 25.5 Å². The van der Waals surface area contributed by atoms with Gasteiger partial charge in [0.05, 0.1) is 18.8 Å². The number of nitrogens with two attached hydrogens (primary N) is 1. The number of nitrogens with one attached hydrogen (secondary N) is 1. The smallest absolute Gasteiger partial charge is 0.142 e. The Labute approximate surface area is 95.9 Å². The SMILES string of the molecule is COc1cccnc1C(NN)C(C)(C)OC. The number of hydrogen-bond acceptors (Lipinski definition) is 5. The predicted molar refractivity (Wildman–Crippen MR) is 61.9 cm³/mol. The second-order valence-electron chi connectivity index (χ2n) is 4.00. The lowest BCUT2D eigenvalue weighted by molar-refractivity contribution is -0.0129. The van der Waals surface area contributed by atoms with E-state index in [2.05, 4.69) is 10.4 Å². The number of hydrazine groups is 1. The van der Waals surface area contributed by atoms with Gasteiger partial charge in [-0.1, -0.05) is 0 Å². The summed E-state index contributed by atoms with van der Waals surface area (Å²) in [6.07, 6.45) is 1.70. The van der Waals surface area contributed by atoms with Crippen molar-refractivity contribution in [3.8, 4) is 5.75 Å². The minimum Gasteiger partial charge on any atom is -0.495 e. The van der Waals surface area contributed by atoms with Crippen LogP contribution < -0.4 is 16.0 Å². The highest BCUT2D eigenvalue weighted by atomic mass is 16.5. The highest BCUT2D eigenvalue weighted by Gasteiger charge is 2.33. The lowest BCUT2D eigenvalue weighted by Gasteiger charge is -2.32. The van der Waals surface area contributed by atoms with Crippen molar-refractivity contribution in [1.82, 2.24) is 10.4 Å². The van der Waals surface area contributed by atoms with E-state index < -0.39 is 5.60 Å². The van der Waals surface area contributed by atoms with E-state index in [1.54, 1.807) is 20.4 Å². The monoisotopic (exact) mass is 225 g/mol. The molecular formula is C11H19N3O2. The van der Waals surface area contributed by atoms with Crippen LogP contribution in [0.2, 0.25) is 0 Å². The third kappa shape index (κ3) is 2.49. The Kier molecular flexibility index (Phi) is 4.23. The summed E-state index contributed by atoms with van der Waals surface area (Å²) < 4.78 is 10.7. The van der Waals surface area contributed by atoms with Crippen LogP contribution in [-0.4, -0.2) is 24.8 Å². The van der Waals surface area contributed by atoms with Crippen LogP contribution in [0.4, 0.5) is 0 Å². The summed E-state index contributed by atoms with van der Waals surface area (Å²) in [6.45, 7) is 3.87. The minimum absolute atomic E-state index is 0.242. The molecule has 16 heavy (non-hydrogen) atoms.